The molecule has 3 aromatic carbocycles. The fourth-order valence-electron chi connectivity index (χ4n) is 3.62. The van der Waals surface area contributed by atoms with Gasteiger partial charge in [0.25, 0.3) is 5.91 Å². The summed E-state index contributed by atoms with van der Waals surface area (Å²) in [5.41, 5.74) is 2.37. The number of amides is 1. The van der Waals surface area contributed by atoms with E-state index in [-0.39, 0.29) is 0 Å². The summed E-state index contributed by atoms with van der Waals surface area (Å²) in [5.74, 6) is -0.300. The summed E-state index contributed by atoms with van der Waals surface area (Å²) in [6.07, 6.45) is 0.544. The lowest BCUT2D eigenvalue weighted by molar-refractivity contribution is -0.123. The van der Waals surface area contributed by atoms with E-state index < -0.39 is 18.0 Å². The van der Waals surface area contributed by atoms with Crippen LogP contribution in [-0.2, 0) is 9.53 Å². The topological polar surface area (TPSA) is 94.3 Å². The second kappa shape index (κ2) is 8.55. The highest BCUT2D eigenvalue weighted by atomic mass is 16.5. The van der Waals surface area contributed by atoms with Gasteiger partial charge in [-0.1, -0.05) is 42.5 Å². The Morgan fingerprint density at radius 3 is 2.52 bits per heavy atom. The molecule has 1 amide bonds. The van der Waals surface area contributed by atoms with Gasteiger partial charge >= 0.3 is 5.97 Å². The van der Waals surface area contributed by atoms with Crippen molar-refractivity contribution in [1.82, 2.24) is 9.97 Å². The molecule has 0 aliphatic rings. The van der Waals surface area contributed by atoms with Crippen LogP contribution in [0.5, 0.6) is 0 Å². The van der Waals surface area contributed by atoms with Crippen molar-refractivity contribution in [3.05, 3.63) is 90.6 Å². The number of hydrogen-bond donors (Lipinski definition) is 1. The minimum Gasteiger partial charge on any atom is -0.449 e. The monoisotopic (exact) mass is 437 g/mol. The number of nitrogens with zero attached hydrogens (tertiary/aromatic N) is 2. The van der Waals surface area contributed by atoms with Gasteiger partial charge in [-0.25, -0.2) is 14.8 Å². The molecule has 0 fully saturated rings. The van der Waals surface area contributed by atoms with Crippen molar-refractivity contribution >= 4 is 39.6 Å². The second-order valence-electron chi connectivity index (χ2n) is 7.45. The normalized spacial score (nSPS) is 11.9. The number of oxazole rings is 1. The second-order valence-corrected chi connectivity index (χ2v) is 7.45. The predicted molar refractivity (Wildman–Crippen MR) is 125 cm³/mol. The fourth-order valence-corrected chi connectivity index (χ4v) is 3.62. The summed E-state index contributed by atoms with van der Waals surface area (Å²) in [4.78, 5) is 34.2. The van der Waals surface area contributed by atoms with Gasteiger partial charge in [0, 0.05) is 17.1 Å². The van der Waals surface area contributed by atoms with Gasteiger partial charge in [-0.15, -0.1) is 0 Å². The van der Waals surface area contributed by atoms with Crippen molar-refractivity contribution in [3.63, 3.8) is 0 Å². The van der Waals surface area contributed by atoms with Crippen molar-refractivity contribution in [1.29, 1.82) is 0 Å². The Bertz CT molecular complexity index is 1440. The van der Waals surface area contributed by atoms with Crippen LogP contribution in [0.3, 0.4) is 0 Å². The third-order valence-corrected chi connectivity index (χ3v) is 5.22. The Labute approximate surface area is 189 Å². The van der Waals surface area contributed by atoms with Crippen molar-refractivity contribution in [2.75, 3.05) is 5.32 Å². The van der Waals surface area contributed by atoms with Gasteiger partial charge in [-0.05, 0) is 48.7 Å². The van der Waals surface area contributed by atoms with Gasteiger partial charge in [-0.3, -0.25) is 4.79 Å². The van der Waals surface area contributed by atoms with Crippen LogP contribution in [0.25, 0.3) is 33.3 Å². The molecule has 0 spiro atoms. The Morgan fingerprint density at radius 2 is 1.73 bits per heavy atom. The zero-order chi connectivity index (χ0) is 22.8. The van der Waals surface area contributed by atoms with Crippen LogP contribution >= 0.6 is 0 Å². The lowest BCUT2D eigenvalue weighted by Gasteiger charge is -2.15. The summed E-state index contributed by atoms with van der Waals surface area (Å²) < 4.78 is 11.4. The van der Waals surface area contributed by atoms with E-state index in [1.54, 1.807) is 36.5 Å². The SMILES string of the molecule is CC(OC(=O)c1cccc2cccc(-c3nc4ccccc4o3)c12)C(=O)Nc1ccccn1. The van der Waals surface area contributed by atoms with Crippen LogP contribution in [0.2, 0.25) is 0 Å². The maximum atomic E-state index is 13.1. The molecule has 7 nitrogen and oxygen atoms in total. The molecular weight excluding hydrogens is 418 g/mol. The molecule has 162 valence electrons. The first-order chi connectivity index (χ1) is 16.1. The average Bonchev–Trinajstić information content (AvgIpc) is 3.28. The molecule has 0 aliphatic carbocycles. The number of carbonyl (C=O) groups excluding carboxylic acids is 2. The largest absolute Gasteiger partial charge is 0.449 e. The smallest absolute Gasteiger partial charge is 0.339 e. The molecule has 33 heavy (non-hydrogen) atoms. The van der Waals surface area contributed by atoms with Crippen LogP contribution in [0.1, 0.15) is 17.3 Å². The number of esters is 1. The van der Waals surface area contributed by atoms with E-state index in [1.807, 2.05) is 48.5 Å². The van der Waals surface area contributed by atoms with Crippen molar-refractivity contribution in [3.8, 4) is 11.5 Å². The molecule has 2 aromatic heterocycles. The van der Waals surface area contributed by atoms with Gasteiger partial charge < -0.3 is 14.5 Å². The Morgan fingerprint density at radius 1 is 0.939 bits per heavy atom. The number of pyridine rings is 1. The zero-order valence-electron chi connectivity index (χ0n) is 17.7. The summed E-state index contributed by atoms with van der Waals surface area (Å²) >= 11 is 0. The standard InChI is InChI=1S/C26H19N3O4/c1-16(24(30)29-22-14-4-5-15-27-22)32-26(31)19-11-7-9-17-8-6-10-18(23(17)19)25-28-20-12-2-3-13-21(20)33-25/h2-16H,1H3,(H,27,29,30). The molecule has 0 saturated carbocycles. The molecule has 1 N–H and O–H groups in total. The number of aromatic nitrogens is 2. The van der Waals surface area contributed by atoms with Crippen molar-refractivity contribution < 1.29 is 18.7 Å². The van der Waals surface area contributed by atoms with E-state index in [0.717, 1.165) is 10.9 Å². The number of rotatable bonds is 5. The summed E-state index contributed by atoms with van der Waals surface area (Å²) in [5, 5.41) is 4.11. The highest BCUT2D eigenvalue weighted by Crippen LogP contribution is 2.33. The van der Waals surface area contributed by atoms with Crippen LogP contribution in [0, 0.1) is 0 Å². The molecule has 7 heteroatoms. The lowest BCUT2D eigenvalue weighted by atomic mass is 9.99. The van der Waals surface area contributed by atoms with E-state index in [1.165, 1.54) is 6.92 Å². The molecule has 1 atom stereocenters. The van der Waals surface area contributed by atoms with Gasteiger partial charge in [0.15, 0.2) is 11.7 Å². The van der Waals surface area contributed by atoms with Gasteiger partial charge in [0.05, 0.1) is 5.56 Å². The highest BCUT2D eigenvalue weighted by molar-refractivity contribution is 6.10. The van der Waals surface area contributed by atoms with Crippen LogP contribution < -0.4 is 5.32 Å². The van der Waals surface area contributed by atoms with E-state index >= 15 is 0 Å². The predicted octanol–water partition coefficient (Wildman–Crippen LogP) is 5.23. The Hall–Kier alpha value is -4.52. The first-order valence-electron chi connectivity index (χ1n) is 10.4. The van der Waals surface area contributed by atoms with Crippen molar-refractivity contribution in [2.24, 2.45) is 0 Å². The molecule has 0 bridgehead atoms. The molecule has 0 radical (unpaired) electrons. The van der Waals surface area contributed by atoms with Gasteiger partial charge in [0.1, 0.15) is 11.3 Å². The van der Waals surface area contributed by atoms with E-state index in [9.17, 15) is 9.59 Å². The number of para-hydroxylation sites is 2. The minimum atomic E-state index is -1.02. The minimum absolute atomic E-state index is 0.322. The quantitative estimate of drug-likeness (QED) is 0.379. The van der Waals surface area contributed by atoms with E-state index in [0.29, 0.717) is 33.8 Å². The zero-order valence-corrected chi connectivity index (χ0v) is 17.7. The Balaban J connectivity index is 1.48. The third kappa shape index (κ3) is 4.04. The van der Waals surface area contributed by atoms with E-state index in [2.05, 4.69) is 15.3 Å². The maximum absolute atomic E-state index is 13.1. The first kappa shape index (κ1) is 20.4. The summed E-state index contributed by atoms with van der Waals surface area (Å²) in [7, 11) is 0. The number of fused-ring (bicyclic) bond motifs is 2. The van der Waals surface area contributed by atoms with Gasteiger partial charge in [-0.2, -0.15) is 0 Å². The first-order valence-corrected chi connectivity index (χ1v) is 10.4. The molecule has 0 aliphatic heterocycles. The van der Waals surface area contributed by atoms with E-state index in [4.69, 9.17) is 9.15 Å². The van der Waals surface area contributed by atoms with Crippen LogP contribution in [0.4, 0.5) is 5.82 Å². The lowest BCUT2D eigenvalue weighted by Crippen LogP contribution is -2.30. The maximum Gasteiger partial charge on any atom is 0.339 e. The number of ether oxygens (including phenoxy) is 1. The molecule has 5 rings (SSSR count). The van der Waals surface area contributed by atoms with Crippen molar-refractivity contribution in [2.45, 2.75) is 13.0 Å². The number of benzene rings is 3. The number of anilines is 1. The summed E-state index contributed by atoms with van der Waals surface area (Å²) in [6, 6.07) is 23.6. The molecule has 0 saturated heterocycles. The number of nitrogens with one attached hydrogen (secondary N) is 1. The highest BCUT2D eigenvalue weighted by Gasteiger charge is 2.23. The molecule has 2 heterocycles. The summed E-state index contributed by atoms with van der Waals surface area (Å²) in [6.45, 7) is 1.52. The molecular formula is C26H19N3O4. The van der Waals surface area contributed by atoms with Gasteiger partial charge in [0.2, 0.25) is 5.89 Å². The third-order valence-electron chi connectivity index (χ3n) is 5.22. The number of hydrogen-bond acceptors (Lipinski definition) is 6. The van der Waals surface area contributed by atoms with Crippen LogP contribution in [-0.4, -0.2) is 27.9 Å². The van der Waals surface area contributed by atoms with Crippen LogP contribution in [0.15, 0.2) is 89.5 Å². The fraction of sp³-hybridized carbons (Fsp3) is 0.0769. The Kier molecular flexibility index (Phi) is 5.28. The molecule has 5 aromatic rings. The average molecular weight is 437 g/mol. The molecule has 1 unspecified atom stereocenters. The number of carbonyl (C=O) groups is 2.